The Morgan fingerprint density at radius 2 is 2.05 bits per heavy atom. The fourth-order valence-corrected chi connectivity index (χ4v) is 2.89. The summed E-state index contributed by atoms with van der Waals surface area (Å²) in [6.07, 6.45) is 3.59. The highest BCUT2D eigenvalue weighted by atomic mass is 16.6. The molecule has 2 aromatic rings. The van der Waals surface area contributed by atoms with Crippen LogP contribution in [0.3, 0.4) is 0 Å². The predicted molar refractivity (Wildman–Crippen MR) is 84.3 cm³/mol. The summed E-state index contributed by atoms with van der Waals surface area (Å²) in [5.74, 6) is 0.499. The number of nitro groups is 1. The third kappa shape index (κ3) is 2.87. The van der Waals surface area contributed by atoms with Gasteiger partial charge >= 0.3 is 0 Å². The number of hydrogen-bond acceptors (Lipinski definition) is 5. The van der Waals surface area contributed by atoms with Crippen molar-refractivity contribution < 1.29 is 9.66 Å². The SMILES string of the molecule is Cc1cc([N+](=O)[O-])c2ccnc(OC3CCN(C)CC3)c2c1. The van der Waals surface area contributed by atoms with E-state index in [1.165, 1.54) is 0 Å². The summed E-state index contributed by atoms with van der Waals surface area (Å²) < 4.78 is 6.05. The lowest BCUT2D eigenvalue weighted by molar-refractivity contribution is -0.383. The summed E-state index contributed by atoms with van der Waals surface area (Å²) in [6.45, 7) is 3.84. The minimum absolute atomic E-state index is 0.102. The predicted octanol–water partition coefficient (Wildman–Crippen LogP) is 2.92. The first kappa shape index (κ1) is 14.7. The minimum Gasteiger partial charge on any atom is -0.474 e. The standard InChI is InChI=1S/C16H19N3O3/c1-11-9-14-13(15(10-11)19(20)21)3-6-17-16(14)22-12-4-7-18(2)8-5-12/h3,6,9-10,12H,4-5,7-8H2,1-2H3. The maximum Gasteiger partial charge on any atom is 0.277 e. The number of fused-ring (bicyclic) bond motifs is 1. The second-order valence-corrected chi connectivity index (χ2v) is 5.87. The molecule has 0 unspecified atom stereocenters. The Bertz CT molecular complexity index is 709. The number of non-ortho nitro benzene ring substituents is 1. The summed E-state index contributed by atoms with van der Waals surface area (Å²) in [5, 5.41) is 12.5. The molecule has 6 nitrogen and oxygen atoms in total. The molecule has 0 saturated carbocycles. The van der Waals surface area contributed by atoms with Crippen molar-refractivity contribution in [2.45, 2.75) is 25.9 Å². The number of likely N-dealkylation sites (tertiary alicyclic amines) is 1. The van der Waals surface area contributed by atoms with Crippen molar-refractivity contribution in [3.63, 3.8) is 0 Å². The summed E-state index contributed by atoms with van der Waals surface area (Å²) in [6, 6.07) is 5.16. The van der Waals surface area contributed by atoms with Gasteiger partial charge in [-0.1, -0.05) is 0 Å². The van der Waals surface area contributed by atoms with E-state index >= 15 is 0 Å². The average Bonchev–Trinajstić information content (AvgIpc) is 2.49. The van der Waals surface area contributed by atoms with E-state index in [0.717, 1.165) is 31.5 Å². The summed E-state index contributed by atoms with van der Waals surface area (Å²) in [4.78, 5) is 17.5. The van der Waals surface area contributed by atoms with Crippen molar-refractivity contribution in [1.29, 1.82) is 0 Å². The zero-order valence-corrected chi connectivity index (χ0v) is 12.8. The Kier molecular flexibility index (Phi) is 3.94. The van der Waals surface area contributed by atoms with Gasteiger partial charge in [0.25, 0.3) is 5.69 Å². The topological polar surface area (TPSA) is 68.5 Å². The maximum atomic E-state index is 11.2. The van der Waals surface area contributed by atoms with Gasteiger partial charge in [-0.2, -0.15) is 0 Å². The first-order valence-corrected chi connectivity index (χ1v) is 7.43. The molecule has 6 heteroatoms. The first-order valence-electron chi connectivity index (χ1n) is 7.43. The van der Waals surface area contributed by atoms with Crippen LogP contribution in [0.2, 0.25) is 0 Å². The number of benzene rings is 1. The Labute approximate surface area is 128 Å². The Balaban J connectivity index is 1.98. The number of piperidine rings is 1. The van der Waals surface area contributed by atoms with Crippen molar-refractivity contribution >= 4 is 16.5 Å². The molecule has 0 aliphatic carbocycles. The Morgan fingerprint density at radius 3 is 2.73 bits per heavy atom. The molecule has 0 N–H and O–H groups in total. The third-order valence-electron chi connectivity index (χ3n) is 4.11. The fraction of sp³-hybridized carbons (Fsp3) is 0.438. The average molecular weight is 301 g/mol. The van der Waals surface area contributed by atoms with E-state index in [-0.39, 0.29) is 16.7 Å². The first-order chi connectivity index (χ1) is 10.5. The van der Waals surface area contributed by atoms with Gasteiger partial charge in [0, 0.05) is 25.4 Å². The van der Waals surface area contributed by atoms with Crippen molar-refractivity contribution in [3.8, 4) is 5.88 Å². The molecule has 0 amide bonds. The van der Waals surface area contributed by atoms with Gasteiger partial charge in [0.1, 0.15) is 6.10 Å². The van der Waals surface area contributed by atoms with Crippen LogP contribution in [0.5, 0.6) is 5.88 Å². The van der Waals surface area contributed by atoms with Gasteiger partial charge in [0.05, 0.1) is 15.7 Å². The highest BCUT2D eigenvalue weighted by Gasteiger charge is 2.21. The van der Waals surface area contributed by atoms with Crippen LogP contribution in [-0.4, -0.2) is 41.0 Å². The molecule has 3 rings (SSSR count). The number of aryl methyl sites for hydroxylation is 1. The Hall–Kier alpha value is -2.21. The third-order valence-corrected chi connectivity index (χ3v) is 4.11. The van der Waals surface area contributed by atoms with Crippen molar-refractivity contribution in [2.24, 2.45) is 0 Å². The maximum absolute atomic E-state index is 11.2. The smallest absolute Gasteiger partial charge is 0.277 e. The zero-order valence-electron chi connectivity index (χ0n) is 12.8. The van der Waals surface area contributed by atoms with Gasteiger partial charge < -0.3 is 9.64 Å². The Morgan fingerprint density at radius 1 is 1.32 bits per heavy atom. The van der Waals surface area contributed by atoms with Crippen LogP contribution < -0.4 is 4.74 Å². The van der Waals surface area contributed by atoms with E-state index in [1.807, 2.05) is 13.0 Å². The fourth-order valence-electron chi connectivity index (χ4n) is 2.89. The quantitative estimate of drug-likeness (QED) is 0.644. The van der Waals surface area contributed by atoms with Crippen LogP contribution in [0.1, 0.15) is 18.4 Å². The molecule has 0 spiro atoms. The van der Waals surface area contributed by atoms with E-state index in [2.05, 4.69) is 16.9 Å². The lowest BCUT2D eigenvalue weighted by atomic mass is 10.1. The molecular weight excluding hydrogens is 282 g/mol. The molecule has 1 fully saturated rings. The normalized spacial score (nSPS) is 16.8. The number of rotatable bonds is 3. The highest BCUT2D eigenvalue weighted by Crippen LogP contribution is 2.33. The molecule has 1 aliphatic rings. The summed E-state index contributed by atoms with van der Waals surface area (Å²) >= 11 is 0. The van der Waals surface area contributed by atoms with Crippen molar-refractivity contribution in [1.82, 2.24) is 9.88 Å². The van der Waals surface area contributed by atoms with Gasteiger partial charge in [-0.25, -0.2) is 4.98 Å². The van der Waals surface area contributed by atoms with Gasteiger partial charge in [-0.15, -0.1) is 0 Å². The van der Waals surface area contributed by atoms with Crippen LogP contribution in [0.15, 0.2) is 24.4 Å². The number of ether oxygens (including phenoxy) is 1. The van der Waals surface area contributed by atoms with Crippen LogP contribution in [0.25, 0.3) is 10.8 Å². The molecule has 0 bridgehead atoms. The minimum atomic E-state index is -0.352. The molecule has 0 radical (unpaired) electrons. The molecule has 2 heterocycles. The van der Waals surface area contributed by atoms with Crippen LogP contribution in [-0.2, 0) is 0 Å². The second kappa shape index (κ2) is 5.88. The monoisotopic (exact) mass is 301 g/mol. The van der Waals surface area contributed by atoms with E-state index in [9.17, 15) is 10.1 Å². The van der Waals surface area contributed by atoms with Gasteiger partial charge in [-0.3, -0.25) is 10.1 Å². The van der Waals surface area contributed by atoms with Gasteiger partial charge in [-0.05, 0) is 44.5 Å². The second-order valence-electron chi connectivity index (χ2n) is 5.87. The van der Waals surface area contributed by atoms with Crippen LogP contribution in [0, 0.1) is 17.0 Å². The molecule has 0 atom stereocenters. The summed E-state index contributed by atoms with van der Waals surface area (Å²) in [5.41, 5.74) is 0.936. The van der Waals surface area contributed by atoms with E-state index < -0.39 is 0 Å². The lowest BCUT2D eigenvalue weighted by Crippen LogP contribution is -2.35. The molecule has 1 aromatic heterocycles. The molecular formula is C16H19N3O3. The van der Waals surface area contributed by atoms with Gasteiger partial charge in [0.2, 0.25) is 5.88 Å². The molecule has 22 heavy (non-hydrogen) atoms. The number of hydrogen-bond donors (Lipinski definition) is 0. The van der Waals surface area contributed by atoms with E-state index in [0.29, 0.717) is 16.7 Å². The van der Waals surface area contributed by atoms with Crippen LogP contribution in [0.4, 0.5) is 5.69 Å². The number of nitrogens with zero attached hydrogens (tertiary/aromatic N) is 3. The molecule has 1 aliphatic heterocycles. The largest absolute Gasteiger partial charge is 0.474 e. The zero-order chi connectivity index (χ0) is 15.7. The van der Waals surface area contributed by atoms with Gasteiger partial charge in [0.15, 0.2) is 0 Å². The molecule has 116 valence electrons. The lowest BCUT2D eigenvalue weighted by Gasteiger charge is -2.29. The van der Waals surface area contributed by atoms with E-state index in [1.54, 1.807) is 18.3 Å². The number of nitro benzene ring substituents is 1. The molecule has 1 saturated heterocycles. The number of pyridine rings is 1. The summed E-state index contributed by atoms with van der Waals surface area (Å²) in [7, 11) is 2.10. The molecule has 1 aromatic carbocycles. The van der Waals surface area contributed by atoms with E-state index in [4.69, 9.17) is 4.74 Å². The van der Waals surface area contributed by atoms with Crippen molar-refractivity contribution in [2.75, 3.05) is 20.1 Å². The number of aromatic nitrogens is 1. The van der Waals surface area contributed by atoms with Crippen LogP contribution >= 0.6 is 0 Å². The van der Waals surface area contributed by atoms with Crippen molar-refractivity contribution in [3.05, 3.63) is 40.1 Å². The highest BCUT2D eigenvalue weighted by molar-refractivity contribution is 5.94.